The van der Waals surface area contributed by atoms with Crippen molar-refractivity contribution in [3.63, 3.8) is 0 Å². The molecule has 1 N–H and O–H groups in total. The molecule has 2 amide bonds. The summed E-state index contributed by atoms with van der Waals surface area (Å²) in [6.45, 7) is 8.76. The smallest absolute Gasteiger partial charge is 0.410 e. The molecular weight excluding hydrogens is 416 g/mol. The van der Waals surface area contributed by atoms with Gasteiger partial charge in [-0.1, -0.05) is 60.7 Å². The average molecular weight is 447 g/mol. The lowest BCUT2D eigenvalue weighted by molar-refractivity contribution is 0.0198. The first-order chi connectivity index (χ1) is 15.7. The number of hydrogen-bond acceptors (Lipinski definition) is 4. The minimum absolute atomic E-state index is 0.179. The zero-order valence-corrected chi connectivity index (χ0v) is 19.5. The lowest BCUT2D eigenvalue weighted by Crippen LogP contribution is -2.42. The molecule has 0 radical (unpaired) electrons. The van der Waals surface area contributed by atoms with Crippen LogP contribution in [0.15, 0.2) is 60.7 Å². The normalized spacial score (nSPS) is 14.4. The number of fused-ring (bicyclic) bond motifs is 1. The molecule has 1 aliphatic rings. The van der Waals surface area contributed by atoms with E-state index < -0.39 is 5.60 Å². The number of benzene rings is 2. The minimum atomic E-state index is -0.588. The molecule has 0 aliphatic carbocycles. The van der Waals surface area contributed by atoms with Gasteiger partial charge in [-0.25, -0.2) is 9.78 Å². The summed E-state index contributed by atoms with van der Waals surface area (Å²) >= 11 is 0. The van der Waals surface area contributed by atoms with Crippen LogP contribution < -0.4 is 5.32 Å². The molecule has 1 aromatic heterocycles. The number of hydrogen-bond donors (Lipinski definition) is 1. The summed E-state index contributed by atoms with van der Waals surface area (Å²) in [7, 11) is 0. The standard InChI is InChI=1S/C26H30N4O3/c1-18(19-11-7-5-8-12-19)27-24(31)22-21-17-29(25(32)33-26(2,3)4)15-16-30(21)23(28-22)20-13-9-6-10-14-20/h5-14,18H,15-17H2,1-4H3,(H,27,31)/t18-/m0/s1. The van der Waals surface area contributed by atoms with Crippen molar-refractivity contribution in [1.82, 2.24) is 19.8 Å². The average Bonchev–Trinajstić information content (AvgIpc) is 3.18. The first kappa shape index (κ1) is 22.6. The van der Waals surface area contributed by atoms with E-state index in [4.69, 9.17) is 9.72 Å². The molecule has 33 heavy (non-hydrogen) atoms. The maximum Gasteiger partial charge on any atom is 0.410 e. The van der Waals surface area contributed by atoms with Crippen molar-refractivity contribution in [2.24, 2.45) is 0 Å². The van der Waals surface area contributed by atoms with E-state index in [0.29, 0.717) is 24.5 Å². The van der Waals surface area contributed by atoms with Crippen LogP contribution in [-0.2, 0) is 17.8 Å². The van der Waals surface area contributed by atoms with Crippen molar-refractivity contribution < 1.29 is 14.3 Å². The van der Waals surface area contributed by atoms with Crippen molar-refractivity contribution in [2.75, 3.05) is 6.54 Å². The number of amides is 2. The minimum Gasteiger partial charge on any atom is -0.444 e. The molecule has 1 aliphatic heterocycles. The number of rotatable bonds is 4. The summed E-state index contributed by atoms with van der Waals surface area (Å²) in [5, 5.41) is 3.06. The third kappa shape index (κ3) is 5.08. The summed E-state index contributed by atoms with van der Waals surface area (Å²) < 4.78 is 7.60. The molecule has 4 rings (SSSR count). The predicted molar refractivity (Wildman–Crippen MR) is 127 cm³/mol. The highest BCUT2D eigenvalue weighted by atomic mass is 16.6. The molecule has 0 unspecified atom stereocenters. The molecule has 0 fully saturated rings. The predicted octanol–water partition coefficient (Wildman–Crippen LogP) is 4.79. The van der Waals surface area contributed by atoms with E-state index in [9.17, 15) is 9.59 Å². The molecule has 1 atom stereocenters. The van der Waals surface area contributed by atoms with Crippen LogP contribution in [-0.4, -0.2) is 38.6 Å². The Labute approximate surface area is 194 Å². The van der Waals surface area contributed by atoms with E-state index in [0.717, 1.165) is 17.0 Å². The van der Waals surface area contributed by atoms with E-state index in [2.05, 4.69) is 5.32 Å². The largest absolute Gasteiger partial charge is 0.444 e. The Morgan fingerprint density at radius 1 is 1.00 bits per heavy atom. The highest BCUT2D eigenvalue weighted by Crippen LogP contribution is 2.28. The van der Waals surface area contributed by atoms with E-state index in [1.165, 1.54) is 0 Å². The fourth-order valence-electron chi connectivity index (χ4n) is 3.93. The molecule has 0 spiro atoms. The van der Waals surface area contributed by atoms with Crippen molar-refractivity contribution in [3.05, 3.63) is 77.6 Å². The van der Waals surface area contributed by atoms with Gasteiger partial charge in [0.15, 0.2) is 5.69 Å². The van der Waals surface area contributed by atoms with Crippen molar-refractivity contribution in [3.8, 4) is 11.4 Å². The van der Waals surface area contributed by atoms with Gasteiger partial charge in [-0.15, -0.1) is 0 Å². The highest BCUT2D eigenvalue weighted by molar-refractivity contribution is 5.94. The van der Waals surface area contributed by atoms with Crippen molar-refractivity contribution in [2.45, 2.75) is 52.4 Å². The molecule has 3 aromatic rings. The van der Waals surface area contributed by atoms with Crippen LogP contribution >= 0.6 is 0 Å². The second-order valence-electron chi connectivity index (χ2n) is 9.26. The second-order valence-corrected chi connectivity index (χ2v) is 9.26. The van der Waals surface area contributed by atoms with Crippen molar-refractivity contribution in [1.29, 1.82) is 0 Å². The van der Waals surface area contributed by atoms with E-state index in [1.54, 1.807) is 4.90 Å². The number of carbonyl (C=O) groups excluding carboxylic acids is 2. The summed E-state index contributed by atoms with van der Waals surface area (Å²) in [4.78, 5) is 32.4. The van der Waals surface area contributed by atoms with Gasteiger partial charge in [0, 0.05) is 18.7 Å². The Balaban J connectivity index is 1.66. The molecule has 0 saturated carbocycles. The lowest BCUT2D eigenvalue weighted by atomic mass is 10.1. The van der Waals surface area contributed by atoms with Crippen LogP contribution in [0.25, 0.3) is 11.4 Å². The molecule has 0 bridgehead atoms. The Bertz CT molecular complexity index is 1130. The maximum absolute atomic E-state index is 13.3. The molecule has 2 aromatic carbocycles. The van der Waals surface area contributed by atoms with E-state index in [1.807, 2.05) is 92.9 Å². The number of ether oxygens (including phenoxy) is 1. The van der Waals surface area contributed by atoms with Gasteiger partial charge in [-0.05, 0) is 33.3 Å². The molecule has 7 heteroatoms. The summed E-state index contributed by atoms with van der Waals surface area (Å²) in [5.41, 5.74) is 2.40. The first-order valence-electron chi connectivity index (χ1n) is 11.2. The van der Waals surface area contributed by atoms with E-state index >= 15 is 0 Å². The third-order valence-corrected chi connectivity index (χ3v) is 5.55. The van der Waals surface area contributed by atoms with Crippen LogP contribution in [0, 0.1) is 0 Å². The Kier molecular flexibility index (Phi) is 6.22. The van der Waals surface area contributed by atoms with Gasteiger partial charge >= 0.3 is 6.09 Å². The lowest BCUT2D eigenvalue weighted by Gasteiger charge is -2.31. The molecular formula is C26H30N4O3. The van der Waals surface area contributed by atoms with Crippen LogP contribution in [0.3, 0.4) is 0 Å². The molecule has 2 heterocycles. The van der Waals surface area contributed by atoms with Crippen molar-refractivity contribution >= 4 is 12.0 Å². The monoisotopic (exact) mass is 446 g/mol. The van der Waals surface area contributed by atoms with Gasteiger partial charge in [0.05, 0.1) is 18.3 Å². The molecule has 7 nitrogen and oxygen atoms in total. The Morgan fingerprint density at radius 3 is 2.27 bits per heavy atom. The number of carbonyl (C=O) groups is 2. The number of nitrogens with one attached hydrogen (secondary N) is 1. The first-order valence-corrected chi connectivity index (χ1v) is 11.2. The molecule has 0 saturated heterocycles. The van der Waals surface area contributed by atoms with Gasteiger partial charge in [-0.2, -0.15) is 0 Å². The quantitative estimate of drug-likeness (QED) is 0.625. The van der Waals surface area contributed by atoms with Gasteiger partial charge in [0.1, 0.15) is 11.4 Å². The topological polar surface area (TPSA) is 76.5 Å². The zero-order valence-electron chi connectivity index (χ0n) is 19.5. The number of nitrogens with zero attached hydrogens (tertiary/aromatic N) is 3. The number of imidazole rings is 1. The second kappa shape index (κ2) is 9.10. The summed E-state index contributed by atoms with van der Waals surface area (Å²) in [6.07, 6.45) is -0.389. The van der Waals surface area contributed by atoms with Gasteiger partial charge in [0.25, 0.3) is 5.91 Å². The number of aromatic nitrogens is 2. The van der Waals surface area contributed by atoms with E-state index in [-0.39, 0.29) is 24.6 Å². The summed E-state index contributed by atoms with van der Waals surface area (Å²) in [5.74, 6) is 0.468. The zero-order chi connectivity index (χ0) is 23.6. The Morgan fingerprint density at radius 2 is 1.64 bits per heavy atom. The van der Waals surface area contributed by atoms with Gasteiger partial charge in [0.2, 0.25) is 0 Å². The SMILES string of the molecule is C[C@H](NC(=O)c1nc(-c2ccccc2)n2c1CN(C(=O)OC(C)(C)C)CC2)c1ccccc1. The highest BCUT2D eigenvalue weighted by Gasteiger charge is 2.32. The van der Waals surface area contributed by atoms with Gasteiger partial charge < -0.3 is 19.5 Å². The van der Waals surface area contributed by atoms with Crippen LogP contribution in [0.4, 0.5) is 4.79 Å². The fourth-order valence-corrected chi connectivity index (χ4v) is 3.93. The van der Waals surface area contributed by atoms with Crippen LogP contribution in [0.5, 0.6) is 0 Å². The van der Waals surface area contributed by atoms with Crippen LogP contribution in [0.1, 0.15) is 55.5 Å². The van der Waals surface area contributed by atoms with Gasteiger partial charge in [-0.3, -0.25) is 4.79 Å². The third-order valence-electron chi connectivity index (χ3n) is 5.55. The Hall–Kier alpha value is -3.61. The summed E-state index contributed by atoms with van der Waals surface area (Å²) in [6, 6.07) is 19.4. The maximum atomic E-state index is 13.3. The molecule has 172 valence electrons. The van der Waals surface area contributed by atoms with Crippen LogP contribution in [0.2, 0.25) is 0 Å². The fraction of sp³-hybridized carbons (Fsp3) is 0.346.